The highest BCUT2D eigenvalue weighted by molar-refractivity contribution is 5.56. The maximum Gasteiger partial charge on any atom is 0.269 e. The zero-order valence-corrected chi connectivity index (χ0v) is 12.3. The number of hydrogen-bond donors (Lipinski definition) is 1. The lowest BCUT2D eigenvalue weighted by molar-refractivity contribution is -0.384. The topological polar surface area (TPSA) is 82.2 Å². The molecular formula is C14H18N4O3. The number of ether oxygens (including phenoxy) is 1. The lowest BCUT2D eigenvalue weighted by atomic mass is 10.1. The highest BCUT2D eigenvalue weighted by Gasteiger charge is 2.11. The van der Waals surface area contributed by atoms with Gasteiger partial charge in [0.25, 0.3) is 5.69 Å². The molecule has 0 saturated heterocycles. The standard InChI is InChI=1S/C14H18N4O3/c1-10-12(8-16-17(10)2)7-15-14-5-4-13(18(19)20)6-11(14)9-21-3/h4-6,8,15H,7,9H2,1-3H3. The van der Waals surface area contributed by atoms with Crippen molar-refractivity contribution in [1.82, 2.24) is 9.78 Å². The molecule has 1 heterocycles. The summed E-state index contributed by atoms with van der Waals surface area (Å²) in [5, 5.41) is 18.3. The normalized spacial score (nSPS) is 10.6. The number of nitro benzene ring substituents is 1. The van der Waals surface area contributed by atoms with Crippen LogP contribution < -0.4 is 5.32 Å². The fourth-order valence-corrected chi connectivity index (χ4v) is 2.05. The number of anilines is 1. The van der Waals surface area contributed by atoms with Crippen LogP contribution >= 0.6 is 0 Å². The van der Waals surface area contributed by atoms with E-state index in [0.717, 1.165) is 22.5 Å². The minimum atomic E-state index is -0.409. The van der Waals surface area contributed by atoms with Gasteiger partial charge in [0.2, 0.25) is 0 Å². The summed E-state index contributed by atoms with van der Waals surface area (Å²) >= 11 is 0. The van der Waals surface area contributed by atoms with E-state index in [4.69, 9.17) is 4.74 Å². The van der Waals surface area contributed by atoms with Crippen LogP contribution in [0.4, 0.5) is 11.4 Å². The van der Waals surface area contributed by atoms with Crippen LogP contribution in [0.3, 0.4) is 0 Å². The molecule has 0 aliphatic heterocycles. The van der Waals surface area contributed by atoms with Gasteiger partial charge in [-0.25, -0.2) is 0 Å². The fraction of sp³-hybridized carbons (Fsp3) is 0.357. The Hall–Kier alpha value is -2.41. The van der Waals surface area contributed by atoms with Crippen LogP contribution in [0.1, 0.15) is 16.8 Å². The van der Waals surface area contributed by atoms with Gasteiger partial charge in [0, 0.05) is 55.3 Å². The van der Waals surface area contributed by atoms with Crippen molar-refractivity contribution in [2.75, 3.05) is 12.4 Å². The number of rotatable bonds is 6. The molecule has 0 amide bonds. The zero-order chi connectivity index (χ0) is 15.4. The molecule has 0 unspecified atom stereocenters. The molecule has 7 nitrogen and oxygen atoms in total. The van der Waals surface area contributed by atoms with Gasteiger partial charge in [0.1, 0.15) is 0 Å². The number of nitro groups is 1. The molecule has 0 atom stereocenters. The lowest BCUT2D eigenvalue weighted by Crippen LogP contribution is -2.05. The van der Waals surface area contributed by atoms with Gasteiger partial charge in [-0.2, -0.15) is 5.10 Å². The summed E-state index contributed by atoms with van der Waals surface area (Å²) in [6.07, 6.45) is 1.81. The predicted octanol–water partition coefficient (Wildman–Crippen LogP) is 2.40. The zero-order valence-electron chi connectivity index (χ0n) is 12.3. The Morgan fingerprint density at radius 3 is 2.76 bits per heavy atom. The van der Waals surface area contributed by atoms with E-state index in [0.29, 0.717) is 13.2 Å². The molecule has 0 aliphatic carbocycles. The molecule has 0 spiro atoms. The van der Waals surface area contributed by atoms with Crippen molar-refractivity contribution in [1.29, 1.82) is 0 Å². The number of methoxy groups -OCH3 is 1. The molecule has 21 heavy (non-hydrogen) atoms. The number of aryl methyl sites for hydroxylation is 1. The highest BCUT2D eigenvalue weighted by Crippen LogP contribution is 2.23. The average Bonchev–Trinajstić information content (AvgIpc) is 2.77. The lowest BCUT2D eigenvalue weighted by Gasteiger charge is -2.11. The Labute approximate surface area is 122 Å². The Kier molecular flexibility index (Phi) is 4.54. The Morgan fingerprint density at radius 1 is 1.43 bits per heavy atom. The second kappa shape index (κ2) is 6.36. The van der Waals surface area contributed by atoms with E-state index < -0.39 is 4.92 Å². The van der Waals surface area contributed by atoms with Crippen LogP contribution in [0.2, 0.25) is 0 Å². The smallest absolute Gasteiger partial charge is 0.269 e. The van der Waals surface area contributed by atoms with Gasteiger partial charge in [0.05, 0.1) is 17.7 Å². The quantitative estimate of drug-likeness (QED) is 0.652. The first-order valence-corrected chi connectivity index (χ1v) is 6.50. The van der Waals surface area contributed by atoms with Crippen molar-refractivity contribution in [2.24, 2.45) is 7.05 Å². The van der Waals surface area contributed by atoms with E-state index >= 15 is 0 Å². The van der Waals surface area contributed by atoms with Crippen molar-refractivity contribution in [2.45, 2.75) is 20.1 Å². The van der Waals surface area contributed by atoms with Crippen molar-refractivity contribution in [3.63, 3.8) is 0 Å². The van der Waals surface area contributed by atoms with Crippen molar-refractivity contribution in [3.05, 3.63) is 51.3 Å². The average molecular weight is 290 g/mol. The van der Waals surface area contributed by atoms with Gasteiger partial charge in [-0.3, -0.25) is 14.8 Å². The van der Waals surface area contributed by atoms with E-state index in [1.54, 1.807) is 13.2 Å². The Balaban J connectivity index is 2.18. The van der Waals surface area contributed by atoms with Crippen LogP contribution in [-0.4, -0.2) is 21.8 Å². The third-order valence-electron chi connectivity index (χ3n) is 3.41. The molecule has 0 saturated carbocycles. The summed E-state index contributed by atoms with van der Waals surface area (Å²) in [6.45, 7) is 2.92. The van der Waals surface area contributed by atoms with Crippen LogP contribution in [0, 0.1) is 17.0 Å². The van der Waals surface area contributed by atoms with Crippen molar-refractivity contribution in [3.8, 4) is 0 Å². The molecule has 0 radical (unpaired) electrons. The molecule has 1 N–H and O–H groups in total. The van der Waals surface area contributed by atoms with Gasteiger partial charge < -0.3 is 10.1 Å². The number of non-ortho nitro benzene ring substituents is 1. The SMILES string of the molecule is COCc1cc([N+](=O)[O-])ccc1NCc1cnn(C)c1C. The van der Waals surface area contributed by atoms with Crippen molar-refractivity contribution < 1.29 is 9.66 Å². The van der Waals surface area contributed by atoms with Crippen LogP contribution in [0.15, 0.2) is 24.4 Å². The van der Waals surface area contributed by atoms with Crippen LogP contribution in [-0.2, 0) is 24.9 Å². The van der Waals surface area contributed by atoms with Crippen LogP contribution in [0.25, 0.3) is 0 Å². The molecule has 112 valence electrons. The molecule has 2 aromatic rings. The van der Waals surface area contributed by atoms with E-state index in [1.165, 1.54) is 12.1 Å². The molecular weight excluding hydrogens is 272 g/mol. The van der Waals surface area contributed by atoms with Gasteiger partial charge >= 0.3 is 0 Å². The third-order valence-corrected chi connectivity index (χ3v) is 3.41. The predicted molar refractivity (Wildman–Crippen MR) is 79.1 cm³/mol. The van der Waals surface area contributed by atoms with E-state index in [-0.39, 0.29) is 5.69 Å². The second-order valence-corrected chi connectivity index (χ2v) is 4.76. The van der Waals surface area contributed by atoms with Gasteiger partial charge in [-0.15, -0.1) is 0 Å². The summed E-state index contributed by atoms with van der Waals surface area (Å²) in [4.78, 5) is 10.4. The molecule has 0 fully saturated rings. The summed E-state index contributed by atoms with van der Waals surface area (Å²) in [7, 11) is 3.45. The highest BCUT2D eigenvalue weighted by atomic mass is 16.6. The molecule has 0 aliphatic rings. The number of benzene rings is 1. The minimum absolute atomic E-state index is 0.0603. The molecule has 7 heteroatoms. The van der Waals surface area contributed by atoms with Gasteiger partial charge in [-0.1, -0.05) is 0 Å². The van der Waals surface area contributed by atoms with Gasteiger partial charge in [-0.05, 0) is 13.0 Å². The maximum atomic E-state index is 10.8. The molecule has 1 aromatic carbocycles. The van der Waals surface area contributed by atoms with E-state index in [2.05, 4.69) is 10.4 Å². The first kappa shape index (κ1) is 15.0. The molecule has 1 aromatic heterocycles. The first-order valence-electron chi connectivity index (χ1n) is 6.50. The maximum absolute atomic E-state index is 10.8. The molecule has 0 bridgehead atoms. The molecule has 2 rings (SSSR count). The third kappa shape index (κ3) is 3.38. The van der Waals surface area contributed by atoms with Gasteiger partial charge in [0.15, 0.2) is 0 Å². The summed E-state index contributed by atoms with van der Waals surface area (Å²) in [5.74, 6) is 0. The Morgan fingerprint density at radius 2 is 2.19 bits per heavy atom. The van der Waals surface area contributed by atoms with Crippen molar-refractivity contribution >= 4 is 11.4 Å². The van der Waals surface area contributed by atoms with E-state index in [1.807, 2.05) is 24.9 Å². The number of nitrogens with zero attached hydrogens (tertiary/aromatic N) is 3. The van der Waals surface area contributed by atoms with E-state index in [9.17, 15) is 10.1 Å². The first-order chi connectivity index (χ1) is 10.0. The fourth-order valence-electron chi connectivity index (χ4n) is 2.05. The largest absolute Gasteiger partial charge is 0.381 e. The van der Waals surface area contributed by atoms with Crippen LogP contribution in [0.5, 0.6) is 0 Å². The monoisotopic (exact) mass is 290 g/mol. The second-order valence-electron chi connectivity index (χ2n) is 4.76. The summed E-state index contributed by atoms with van der Waals surface area (Å²) in [6, 6.07) is 4.72. The Bertz CT molecular complexity index is 652. The minimum Gasteiger partial charge on any atom is -0.381 e. The number of hydrogen-bond acceptors (Lipinski definition) is 5. The summed E-state index contributed by atoms with van der Waals surface area (Å²) < 4.78 is 6.91. The number of aromatic nitrogens is 2. The summed E-state index contributed by atoms with van der Waals surface area (Å²) in [5.41, 5.74) is 3.81. The number of nitrogens with one attached hydrogen (secondary N) is 1.